The van der Waals surface area contributed by atoms with E-state index in [0.29, 0.717) is 19.5 Å². The Morgan fingerprint density at radius 1 is 1.43 bits per heavy atom. The fourth-order valence-electron chi connectivity index (χ4n) is 2.65. The Morgan fingerprint density at radius 3 is 2.71 bits per heavy atom. The predicted molar refractivity (Wildman–Crippen MR) is 85.2 cm³/mol. The van der Waals surface area contributed by atoms with Crippen molar-refractivity contribution in [1.29, 1.82) is 0 Å². The first-order chi connectivity index (χ1) is 9.99. The average Bonchev–Trinajstić information content (AvgIpc) is 2.47. The molecule has 2 rings (SSSR count). The lowest BCUT2D eigenvalue weighted by Gasteiger charge is -2.36. The third-order valence-electron chi connectivity index (χ3n) is 3.80. The number of aliphatic hydroxyl groups excluding tert-OH is 1. The van der Waals surface area contributed by atoms with Gasteiger partial charge in [0.15, 0.2) is 0 Å². The highest BCUT2D eigenvalue weighted by atomic mass is 79.9. The van der Waals surface area contributed by atoms with Crippen LogP contribution in [0.25, 0.3) is 0 Å². The van der Waals surface area contributed by atoms with Gasteiger partial charge in [0.05, 0.1) is 18.8 Å². The van der Waals surface area contributed by atoms with Crippen molar-refractivity contribution in [3.8, 4) is 0 Å². The van der Waals surface area contributed by atoms with Crippen LogP contribution in [0.3, 0.4) is 0 Å². The minimum atomic E-state index is -0.263. The molecule has 1 fully saturated rings. The van der Waals surface area contributed by atoms with E-state index in [1.54, 1.807) is 0 Å². The standard InChI is InChI=1S/C16H22BrNO3/c1-11(13-3-5-14(17)6-4-13)7-16(20)18-8-12(2)21-15(9-18)10-19/h3-6,11-12,15,19H,7-10H2,1-2H3. The molecule has 21 heavy (non-hydrogen) atoms. The van der Waals surface area contributed by atoms with Crippen molar-refractivity contribution in [2.75, 3.05) is 19.7 Å². The van der Waals surface area contributed by atoms with Gasteiger partial charge in [-0.25, -0.2) is 0 Å². The van der Waals surface area contributed by atoms with Gasteiger partial charge in [-0.15, -0.1) is 0 Å². The zero-order valence-electron chi connectivity index (χ0n) is 12.5. The van der Waals surface area contributed by atoms with Crippen molar-refractivity contribution in [2.45, 2.75) is 38.4 Å². The number of nitrogens with zero attached hydrogens (tertiary/aromatic N) is 1. The Labute approximate surface area is 134 Å². The van der Waals surface area contributed by atoms with Crippen molar-refractivity contribution < 1.29 is 14.6 Å². The lowest BCUT2D eigenvalue weighted by atomic mass is 9.97. The molecule has 0 radical (unpaired) electrons. The summed E-state index contributed by atoms with van der Waals surface area (Å²) in [6, 6.07) is 8.07. The number of benzene rings is 1. The Hall–Kier alpha value is -0.910. The molecule has 0 bridgehead atoms. The summed E-state index contributed by atoms with van der Waals surface area (Å²) in [5.74, 6) is 0.301. The number of hydrogen-bond donors (Lipinski definition) is 1. The van der Waals surface area contributed by atoms with E-state index in [4.69, 9.17) is 4.74 Å². The average molecular weight is 356 g/mol. The first-order valence-corrected chi connectivity index (χ1v) is 8.08. The normalized spacial score (nSPS) is 23.9. The highest BCUT2D eigenvalue weighted by Gasteiger charge is 2.28. The Balaban J connectivity index is 1.95. The number of carbonyl (C=O) groups excluding carboxylic acids is 1. The monoisotopic (exact) mass is 355 g/mol. The van der Waals surface area contributed by atoms with Crippen LogP contribution in [0.1, 0.15) is 31.7 Å². The van der Waals surface area contributed by atoms with E-state index in [9.17, 15) is 9.90 Å². The summed E-state index contributed by atoms with van der Waals surface area (Å²) in [5.41, 5.74) is 1.16. The molecule has 3 unspecified atom stereocenters. The molecule has 1 aliphatic heterocycles. The van der Waals surface area contributed by atoms with Gasteiger partial charge in [0.1, 0.15) is 0 Å². The highest BCUT2D eigenvalue weighted by Crippen LogP contribution is 2.23. The number of rotatable bonds is 4. The SMILES string of the molecule is CC1CN(C(=O)CC(C)c2ccc(Br)cc2)CC(CO)O1. The summed E-state index contributed by atoms with van der Waals surface area (Å²) >= 11 is 3.42. The predicted octanol–water partition coefficient (Wildman–Crippen LogP) is 2.55. The number of morpholine rings is 1. The van der Waals surface area contributed by atoms with Gasteiger partial charge in [0.25, 0.3) is 0 Å². The smallest absolute Gasteiger partial charge is 0.223 e. The molecule has 0 spiro atoms. The van der Waals surface area contributed by atoms with Gasteiger partial charge in [0, 0.05) is 24.0 Å². The molecule has 1 saturated heterocycles. The molecule has 3 atom stereocenters. The number of aliphatic hydroxyl groups is 1. The maximum Gasteiger partial charge on any atom is 0.223 e. The number of amides is 1. The van der Waals surface area contributed by atoms with E-state index in [0.717, 1.165) is 10.0 Å². The van der Waals surface area contributed by atoms with Crippen molar-refractivity contribution in [3.05, 3.63) is 34.3 Å². The topological polar surface area (TPSA) is 49.8 Å². The van der Waals surface area contributed by atoms with Gasteiger partial charge in [-0.3, -0.25) is 4.79 Å². The summed E-state index contributed by atoms with van der Waals surface area (Å²) in [7, 11) is 0. The van der Waals surface area contributed by atoms with E-state index in [-0.39, 0.29) is 30.6 Å². The molecular formula is C16H22BrNO3. The van der Waals surface area contributed by atoms with Gasteiger partial charge >= 0.3 is 0 Å². The third-order valence-corrected chi connectivity index (χ3v) is 4.33. The third kappa shape index (κ3) is 4.53. The Bertz CT molecular complexity index is 477. The van der Waals surface area contributed by atoms with Crippen LogP contribution in [0.2, 0.25) is 0 Å². The molecule has 4 nitrogen and oxygen atoms in total. The van der Waals surface area contributed by atoms with Crippen molar-refractivity contribution >= 4 is 21.8 Å². The summed E-state index contributed by atoms with van der Waals surface area (Å²) < 4.78 is 6.61. The van der Waals surface area contributed by atoms with E-state index in [1.807, 2.05) is 36.1 Å². The summed E-state index contributed by atoms with van der Waals surface area (Å²) in [5, 5.41) is 9.23. The van der Waals surface area contributed by atoms with Crippen LogP contribution in [-0.4, -0.2) is 47.8 Å². The molecule has 1 N–H and O–H groups in total. The van der Waals surface area contributed by atoms with Crippen LogP contribution in [-0.2, 0) is 9.53 Å². The minimum absolute atomic E-state index is 0.0252. The number of carbonyl (C=O) groups is 1. The van der Waals surface area contributed by atoms with Crippen molar-refractivity contribution in [2.24, 2.45) is 0 Å². The van der Waals surface area contributed by atoms with E-state index >= 15 is 0 Å². The second kappa shape index (κ2) is 7.38. The zero-order valence-corrected chi connectivity index (χ0v) is 14.0. The second-order valence-electron chi connectivity index (χ2n) is 5.71. The second-order valence-corrected chi connectivity index (χ2v) is 6.62. The largest absolute Gasteiger partial charge is 0.394 e. The van der Waals surface area contributed by atoms with Crippen LogP contribution < -0.4 is 0 Å². The Kier molecular flexibility index (Phi) is 5.79. The summed E-state index contributed by atoms with van der Waals surface area (Å²) in [6.45, 7) is 5.03. The first-order valence-electron chi connectivity index (χ1n) is 7.29. The maximum absolute atomic E-state index is 12.4. The van der Waals surface area contributed by atoms with Crippen LogP contribution in [0, 0.1) is 0 Å². The van der Waals surface area contributed by atoms with Crippen LogP contribution in [0.4, 0.5) is 0 Å². The molecule has 0 aliphatic carbocycles. The molecule has 1 heterocycles. The van der Waals surface area contributed by atoms with E-state index < -0.39 is 0 Å². The lowest BCUT2D eigenvalue weighted by molar-refractivity contribution is -0.147. The Morgan fingerprint density at radius 2 is 2.10 bits per heavy atom. The maximum atomic E-state index is 12.4. The number of halogens is 1. The van der Waals surface area contributed by atoms with Gasteiger partial charge in [0.2, 0.25) is 5.91 Å². The fraction of sp³-hybridized carbons (Fsp3) is 0.562. The molecule has 5 heteroatoms. The summed E-state index contributed by atoms with van der Waals surface area (Å²) in [6.07, 6.45) is 0.190. The van der Waals surface area contributed by atoms with Crippen LogP contribution in [0.5, 0.6) is 0 Å². The highest BCUT2D eigenvalue weighted by molar-refractivity contribution is 9.10. The summed E-state index contributed by atoms with van der Waals surface area (Å²) in [4.78, 5) is 14.2. The van der Waals surface area contributed by atoms with E-state index in [2.05, 4.69) is 22.9 Å². The molecule has 0 aromatic heterocycles. The first kappa shape index (κ1) is 16.5. The van der Waals surface area contributed by atoms with E-state index in [1.165, 1.54) is 0 Å². The van der Waals surface area contributed by atoms with Gasteiger partial charge in [-0.2, -0.15) is 0 Å². The fourth-order valence-corrected chi connectivity index (χ4v) is 2.91. The van der Waals surface area contributed by atoms with Gasteiger partial charge in [-0.1, -0.05) is 35.0 Å². The van der Waals surface area contributed by atoms with Crippen LogP contribution in [0.15, 0.2) is 28.7 Å². The van der Waals surface area contributed by atoms with Gasteiger partial charge < -0.3 is 14.7 Å². The van der Waals surface area contributed by atoms with Crippen molar-refractivity contribution in [1.82, 2.24) is 4.90 Å². The molecule has 116 valence electrons. The lowest BCUT2D eigenvalue weighted by Crippen LogP contribution is -2.50. The minimum Gasteiger partial charge on any atom is -0.394 e. The van der Waals surface area contributed by atoms with Gasteiger partial charge in [-0.05, 0) is 30.5 Å². The molecule has 1 aromatic rings. The molecule has 1 amide bonds. The van der Waals surface area contributed by atoms with Crippen LogP contribution >= 0.6 is 15.9 Å². The van der Waals surface area contributed by atoms with Crippen molar-refractivity contribution in [3.63, 3.8) is 0 Å². The zero-order chi connectivity index (χ0) is 15.4. The molecule has 0 saturated carbocycles. The number of hydrogen-bond acceptors (Lipinski definition) is 3. The quantitative estimate of drug-likeness (QED) is 0.902. The number of ether oxygens (including phenoxy) is 1. The molecular weight excluding hydrogens is 334 g/mol. The molecule has 1 aromatic carbocycles. The molecule has 1 aliphatic rings.